The highest BCUT2D eigenvalue weighted by molar-refractivity contribution is 5.91. The van der Waals surface area contributed by atoms with Crippen LogP contribution in [-0.4, -0.2) is 20.9 Å². The molecule has 1 aliphatic carbocycles. The number of carboxylic acids is 1. The summed E-state index contributed by atoms with van der Waals surface area (Å²) in [6, 6.07) is 6.40. The summed E-state index contributed by atoms with van der Waals surface area (Å²) in [7, 11) is 1.76. The molecule has 114 valence electrons. The molecule has 0 radical (unpaired) electrons. The molecular formula is C17H17FN2O2. The number of hydrogen-bond acceptors (Lipinski definition) is 2. The zero-order chi connectivity index (χ0) is 15.7. The molecule has 1 heterocycles. The summed E-state index contributed by atoms with van der Waals surface area (Å²) in [4.78, 5) is 11.4. The van der Waals surface area contributed by atoms with E-state index >= 15 is 0 Å². The van der Waals surface area contributed by atoms with E-state index in [1.54, 1.807) is 17.8 Å². The van der Waals surface area contributed by atoms with Crippen LogP contribution in [0.2, 0.25) is 0 Å². The minimum absolute atomic E-state index is 0.129. The van der Waals surface area contributed by atoms with Gasteiger partial charge in [-0.15, -0.1) is 0 Å². The highest BCUT2D eigenvalue weighted by atomic mass is 19.1. The Bertz CT molecular complexity index is 762. The molecule has 4 nitrogen and oxygen atoms in total. The molecule has 0 saturated heterocycles. The number of nitrogens with zero attached hydrogens (tertiary/aromatic N) is 2. The SMILES string of the molecule is Cn1nc(C(=O)O)c2c1/C(=C/c1cccc(F)c1)CCCC2. The second-order valence-corrected chi connectivity index (χ2v) is 5.54. The van der Waals surface area contributed by atoms with E-state index in [0.29, 0.717) is 6.42 Å². The first-order valence-corrected chi connectivity index (χ1v) is 7.32. The molecule has 1 aromatic carbocycles. The normalized spacial score (nSPS) is 16.4. The molecule has 0 fully saturated rings. The standard InChI is InChI=1S/C17H17FN2O2/c1-20-16-12(9-11-5-4-7-13(18)10-11)6-2-3-8-14(16)15(19-20)17(21)22/h4-5,7,9-10H,2-3,6,8H2,1H3,(H,21,22)/b12-9+. The third kappa shape index (κ3) is 2.66. The van der Waals surface area contributed by atoms with Crippen LogP contribution in [-0.2, 0) is 13.5 Å². The third-order valence-corrected chi connectivity index (χ3v) is 3.96. The van der Waals surface area contributed by atoms with E-state index in [1.165, 1.54) is 12.1 Å². The Morgan fingerprint density at radius 2 is 2.14 bits per heavy atom. The third-order valence-electron chi connectivity index (χ3n) is 3.96. The van der Waals surface area contributed by atoms with Gasteiger partial charge in [0.15, 0.2) is 5.69 Å². The van der Waals surface area contributed by atoms with Crippen molar-refractivity contribution in [1.82, 2.24) is 9.78 Å². The van der Waals surface area contributed by atoms with Crippen molar-refractivity contribution in [1.29, 1.82) is 0 Å². The molecule has 0 aliphatic heterocycles. The molecule has 0 atom stereocenters. The molecule has 22 heavy (non-hydrogen) atoms. The minimum atomic E-state index is -0.996. The average Bonchev–Trinajstić information content (AvgIpc) is 2.65. The molecule has 0 spiro atoms. The van der Waals surface area contributed by atoms with Crippen molar-refractivity contribution in [3.63, 3.8) is 0 Å². The summed E-state index contributed by atoms with van der Waals surface area (Å²) in [5.74, 6) is -1.27. The van der Waals surface area contributed by atoms with Crippen LogP contribution in [0.1, 0.15) is 46.6 Å². The van der Waals surface area contributed by atoms with E-state index in [1.807, 2.05) is 12.1 Å². The number of benzene rings is 1. The van der Waals surface area contributed by atoms with Gasteiger partial charge in [-0.25, -0.2) is 9.18 Å². The summed E-state index contributed by atoms with van der Waals surface area (Å²) in [5.41, 5.74) is 3.57. The molecule has 1 aliphatic rings. The fraction of sp³-hybridized carbons (Fsp3) is 0.294. The number of halogens is 1. The van der Waals surface area contributed by atoms with E-state index in [-0.39, 0.29) is 11.5 Å². The van der Waals surface area contributed by atoms with Crippen molar-refractivity contribution in [2.45, 2.75) is 25.7 Å². The fourth-order valence-corrected chi connectivity index (χ4v) is 3.05. The van der Waals surface area contributed by atoms with Gasteiger partial charge < -0.3 is 5.11 Å². The molecule has 0 bridgehead atoms. The van der Waals surface area contributed by atoms with Crippen LogP contribution >= 0.6 is 0 Å². The van der Waals surface area contributed by atoms with Gasteiger partial charge in [-0.05, 0) is 55.0 Å². The van der Waals surface area contributed by atoms with Crippen molar-refractivity contribution >= 4 is 17.6 Å². The minimum Gasteiger partial charge on any atom is -0.476 e. The zero-order valence-corrected chi connectivity index (χ0v) is 12.3. The van der Waals surface area contributed by atoms with Crippen LogP contribution in [0.3, 0.4) is 0 Å². The predicted molar refractivity (Wildman–Crippen MR) is 82.0 cm³/mol. The average molecular weight is 300 g/mol. The fourth-order valence-electron chi connectivity index (χ4n) is 3.05. The van der Waals surface area contributed by atoms with Gasteiger partial charge in [0.25, 0.3) is 0 Å². The van der Waals surface area contributed by atoms with Gasteiger partial charge in [0.1, 0.15) is 5.82 Å². The second kappa shape index (κ2) is 5.75. The number of aromatic nitrogens is 2. The summed E-state index contributed by atoms with van der Waals surface area (Å²) in [5, 5.41) is 13.5. The summed E-state index contributed by atoms with van der Waals surface area (Å²) >= 11 is 0. The maximum Gasteiger partial charge on any atom is 0.356 e. The van der Waals surface area contributed by atoms with Gasteiger partial charge >= 0.3 is 5.97 Å². The van der Waals surface area contributed by atoms with E-state index < -0.39 is 5.97 Å². The number of fused-ring (bicyclic) bond motifs is 1. The first kappa shape index (κ1) is 14.5. The number of aromatic carboxylic acids is 1. The molecule has 5 heteroatoms. The Morgan fingerprint density at radius 3 is 2.86 bits per heavy atom. The van der Waals surface area contributed by atoms with Crippen molar-refractivity contribution in [3.05, 3.63) is 52.6 Å². The van der Waals surface area contributed by atoms with Crippen LogP contribution in [0.15, 0.2) is 24.3 Å². The lowest BCUT2D eigenvalue weighted by Crippen LogP contribution is -2.02. The van der Waals surface area contributed by atoms with E-state index in [9.17, 15) is 14.3 Å². The number of rotatable bonds is 2. The summed E-state index contributed by atoms with van der Waals surface area (Å²) in [6.07, 6.45) is 5.39. The number of allylic oxidation sites excluding steroid dienone is 1. The van der Waals surface area contributed by atoms with Crippen molar-refractivity contribution in [3.8, 4) is 0 Å². The Kier molecular flexibility index (Phi) is 3.79. The first-order valence-electron chi connectivity index (χ1n) is 7.32. The van der Waals surface area contributed by atoms with Crippen LogP contribution in [0.25, 0.3) is 11.6 Å². The monoisotopic (exact) mass is 300 g/mol. The Morgan fingerprint density at radius 1 is 1.36 bits per heavy atom. The molecular weight excluding hydrogens is 283 g/mol. The smallest absolute Gasteiger partial charge is 0.356 e. The lowest BCUT2D eigenvalue weighted by molar-refractivity contribution is 0.0688. The Balaban J connectivity index is 2.13. The van der Waals surface area contributed by atoms with E-state index in [2.05, 4.69) is 5.10 Å². The number of carboxylic acid groups (broad SMARTS) is 1. The van der Waals surface area contributed by atoms with Crippen molar-refractivity contribution in [2.75, 3.05) is 0 Å². The number of carbonyl (C=O) groups is 1. The maximum atomic E-state index is 13.4. The first-order chi connectivity index (χ1) is 10.6. The Hall–Kier alpha value is -2.43. The molecule has 0 saturated carbocycles. The predicted octanol–water partition coefficient (Wildman–Crippen LogP) is 3.52. The summed E-state index contributed by atoms with van der Waals surface area (Å²) < 4.78 is 15.0. The van der Waals surface area contributed by atoms with Crippen LogP contribution in [0.5, 0.6) is 0 Å². The highest BCUT2D eigenvalue weighted by Crippen LogP contribution is 2.32. The quantitative estimate of drug-likeness (QED) is 0.863. The molecule has 2 aromatic rings. The zero-order valence-electron chi connectivity index (χ0n) is 12.3. The highest BCUT2D eigenvalue weighted by Gasteiger charge is 2.25. The van der Waals surface area contributed by atoms with Gasteiger partial charge in [-0.1, -0.05) is 12.1 Å². The lowest BCUT2D eigenvalue weighted by Gasteiger charge is -2.07. The van der Waals surface area contributed by atoms with Gasteiger partial charge in [-0.2, -0.15) is 5.10 Å². The van der Waals surface area contributed by atoms with Gasteiger partial charge in [-0.3, -0.25) is 4.68 Å². The second-order valence-electron chi connectivity index (χ2n) is 5.54. The van der Waals surface area contributed by atoms with Gasteiger partial charge in [0.2, 0.25) is 0 Å². The maximum absolute atomic E-state index is 13.4. The van der Waals surface area contributed by atoms with E-state index in [4.69, 9.17) is 0 Å². The van der Waals surface area contributed by atoms with Gasteiger partial charge in [0.05, 0.1) is 5.69 Å². The lowest BCUT2D eigenvalue weighted by atomic mass is 10.0. The number of hydrogen-bond donors (Lipinski definition) is 1. The molecule has 1 N–H and O–H groups in total. The summed E-state index contributed by atoms with van der Waals surface area (Å²) in [6.45, 7) is 0. The molecule has 1 aromatic heterocycles. The Labute approximate surface area is 127 Å². The van der Waals surface area contributed by atoms with Crippen LogP contribution < -0.4 is 0 Å². The van der Waals surface area contributed by atoms with Crippen LogP contribution in [0.4, 0.5) is 4.39 Å². The largest absolute Gasteiger partial charge is 0.476 e. The topological polar surface area (TPSA) is 55.1 Å². The van der Waals surface area contributed by atoms with Crippen molar-refractivity contribution in [2.24, 2.45) is 7.05 Å². The molecule has 3 rings (SSSR count). The van der Waals surface area contributed by atoms with E-state index in [0.717, 1.165) is 41.7 Å². The van der Waals surface area contributed by atoms with Crippen molar-refractivity contribution < 1.29 is 14.3 Å². The number of aryl methyl sites for hydroxylation is 1. The molecule has 0 amide bonds. The molecule has 0 unspecified atom stereocenters. The van der Waals surface area contributed by atoms with Crippen LogP contribution in [0, 0.1) is 5.82 Å². The van der Waals surface area contributed by atoms with Gasteiger partial charge in [0, 0.05) is 12.6 Å².